The third kappa shape index (κ3) is 5.34. The van der Waals surface area contributed by atoms with Crippen LogP contribution in [0.25, 0.3) is 0 Å². The van der Waals surface area contributed by atoms with E-state index in [2.05, 4.69) is 10.3 Å². The van der Waals surface area contributed by atoms with Crippen LogP contribution in [0, 0.1) is 0 Å². The van der Waals surface area contributed by atoms with Crippen LogP contribution in [0.15, 0.2) is 24.4 Å². The van der Waals surface area contributed by atoms with Gasteiger partial charge in [0.15, 0.2) is 0 Å². The van der Waals surface area contributed by atoms with Crippen LogP contribution in [0.5, 0.6) is 0 Å². The Morgan fingerprint density at radius 1 is 1.46 bits per heavy atom. The Bertz CT molecular complexity index is 593. The fraction of sp³-hybridized carbons (Fsp3) is 0.400. The summed E-state index contributed by atoms with van der Waals surface area (Å²) >= 11 is 0. The Balaban J connectivity index is 0.000000891. The highest BCUT2D eigenvalue weighted by Gasteiger charge is 2.36. The second kappa shape index (κ2) is 9.23. The molecule has 0 radical (unpaired) electrons. The van der Waals surface area contributed by atoms with Crippen molar-refractivity contribution in [3.05, 3.63) is 30.1 Å². The van der Waals surface area contributed by atoms with Crippen molar-refractivity contribution in [2.75, 3.05) is 20.1 Å². The van der Waals surface area contributed by atoms with Crippen molar-refractivity contribution in [2.45, 2.75) is 19.5 Å². The lowest BCUT2D eigenvalue weighted by atomic mass is 10.1. The van der Waals surface area contributed by atoms with Crippen LogP contribution in [0.2, 0.25) is 0 Å². The standard InChI is InChI=1S/C14H18N4O3.CH2O2/c1-10(19)18-9-13(20)17(2)8-12(18)14(21)16-7-11-5-3-4-6-15-11;2-1-3/h3-6,12H,7-9H2,1-2H3,(H,16,21);1H,(H,2,3). The molecule has 0 aromatic carbocycles. The van der Waals surface area contributed by atoms with Crippen LogP contribution < -0.4 is 5.32 Å². The number of carbonyl (C=O) groups excluding carboxylic acids is 3. The van der Waals surface area contributed by atoms with Gasteiger partial charge in [0, 0.05) is 26.7 Å². The lowest BCUT2D eigenvalue weighted by molar-refractivity contribution is -0.151. The SMILES string of the molecule is CC(=O)N1CC(=O)N(C)CC1C(=O)NCc1ccccn1.O=CO. The molecule has 1 aliphatic rings. The molecule has 1 saturated heterocycles. The highest BCUT2D eigenvalue weighted by Crippen LogP contribution is 2.10. The first-order valence-corrected chi connectivity index (χ1v) is 7.17. The van der Waals surface area contributed by atoms with Crippen molar-refractivity contribution in [2.24, 2.45) is 0 Å². The third-order valence-electron chi connectivity index (χ3n) is 3.43. The topological polar surface area (TPSA) is 120 Å². The average Bonchev–Trinajstić information content (AvgIpc) is 2.56. The Labute approximate surface area is 139 Å². The van der Waals surface area contributed by atoms with Gasteiger partial charge < -0.3 is 20.2 Å². The Morgan fingerprint density at radius 3 is 2.67 bits per heavy atom. The van der Waals surface area contributed by atoms with Crippen LogP contribution in [-0.4, -0.2) is 70.3 Å². The van der Waals surface area contributed by atoms with E-state index in [1.54, 1.807) is 25.4 Å². The predicted molar refractivity (Wildman–Crippen MR) is 83.6 cm³/mol. The third-order valence-corrected chi connectivity index (χ3v) is 3.43. The zero-order chi connectivity index (χ0) is 18.1. The number of hydrogen-bond acceptors (Lipinski definition) is 5. The van der Waals surface area contributed by atoms with E-state index < -0.39 is 6.04 Å². The van der Waals surface area contributed by atoms with Gasteiger partial charge in [0.05, 0.1) is 12.2 Å². The molecule has 1 aromatic rings. The molecule has 130 valence electrons. The molecule has 9 heteroatoms. The molecular weight excluding hydrogens is 316 g/mol. The quantitative estimate of drug-likeness (QED) is 0.690. The molecule has 1 fully saturated rings. The number of amides is 3. The van der Waals surface area contributed by atoms with Gasteiger partial charge in [0.2, 0.25) is 17.7 Å². The number of rotatable bonds is 3. The molecule has 2 N–H and O–H groups in total. The Kier molecular flexibility index (Phi) is 7.34. The van der Waals surface area contributed by atoms with Gasteiger partial charge in [-0.05, 0) is 12.1 Å². The molecule has 1 atom stereocenters. The number of carbonyl (C=O) groups is 4. The molecule has 0 saturated carbocycles. The highest BCUT2D eigenvalue weighted by atomic mass is 16.3. The van der Waals surface area contributed by atoms with Gasteiger partial charge in [-0.2, -0.15) is 0 Å². The summed E-state index contributed by atoms with van der Waals surface area (Å²) in [5.74, 6) is -0.733. The normalized spacial score (nSPS) is 16.8. The van der Waals surface area contributed by atoms with E-state index in [1.165, 1.54) is 16.7 Å². The summed E-state index contributed by atoms with van der Waals surface area (Å²) in [7, 11) is 1.62. The van der Waals surface area contributed by atoms with Gasteiger partial charge in [-0.15, -0.1) is 0 Å². The highest BCUT2D eigenvalue weighted by molar-refractivity contribution is 5.92. The van der Waals surface area contributed by atoms with E-state index >= 15 is 0 Å². The summed E-state index contributed by atoms with van der Waals surface area (Å²) in [6.07, 6.45) is 1.65. The van der Waals surface area contributed by atoms with Gasteiger partial charge in [-0.1, -0.05) is 6.07 Å². The molecule has 1 aromatic heterocycles. The first kappa shape index (κ1) is 19.1. The molecule has 24 heavy (non-hydrogen) atoms. The second-order valence-electron chi connectivity index (χ2n) is 5.08. The minimum atomic E-state index is -0.658. The summed E-state index contributed by atoms with van der Waals surface area (Å²) in [6.45, 7) is 1.54. The smallest absolute Gasteiger partial charge is 0.290 e. The second-order valence-corrected chi connectivity index (χ2v) is 5.08. The largest absolute Gasteiger partial charge is 0.483 e. The summed E-state index contributed by atoms with van der Waals surface area (Å²) in [6, 6.07) is 4.78. The van der Waals surface area contributed by atoms with E-state index in [9.17, 15) is 14.4 Å². The zero-order valence-corrected chi connectivity index (χ0v) is 13.5. The first-order valence-electron chi connectivity index (χ1n) is 7.17. The van der Waals surface area contributed by atoms with E-state index in [0.29, 0.717) is 6.54 Å². The molecule has 3 amide bonds. The van der Waals surface area contributed by atoms with Crippen molar-refractivity contribution in [1.29, 1.82) is 0 Å². The van der Waals surface area contributed by atoms with Crippen molar-refractivity contribution in [1.82, 2.24) is 20.1 Å². The minimum absolute atomic E-state index is 0.0620. The van der Waals surface area contributed by atoms with Crippen molar-refractivity contribution in [3.63, 3.8) is 0 Å². The van der Waals surface area contributed by atoms with Gasteiger partial charge in [0.25, 0.3) is 6.47 Å². The molecule has 2 heterocycles. The Hall–Kier alpha value is -2.97. The molecule has 9 nitrogen and oxygen atoms in total. The maximum atomic E-state index is 12.3. The van der Waals surface area contributed by atoms with Crippen LogP contribution in [0.3, 0.4) is 0 Å². The molecule has 0 aliphatic carbocycles. The van der Waals surface area contributed by atoms with Gasteiger partial charge in [0.1, 0.15) is 12.6 Å². The number of carboxylic acid groups (broad SMARTS) is 1. The van der Waals surface area contributed by atoms with E-state index in [4.69, 9.17) is 9.90 Å². The maximum Gasteiger partial charge on any atom is 0.290 e. The van der Waals surface area contributed by atoms with Gasteiger partial charge in [-0.25, -0.2) is 0 Å². The molecule has 0 bridgehead atoms. The molecule has 2 rings (SSSR count). The number of aromatic nitrogens is 1. The fourth-order valence-electron chi connectivity index (χ4n) is 2.19. The minimum Gasteiger partial charge on any atom is -0.483 e. The molecule has 1 aliphatic heterocycles. The Morgan fingerprint density at radius 2 is 2.12 bits per heavy atom. The molecular formula is C15H20N4O5. The van der Waals surface area contributed by atoms with E-state index in [-0.39, 0.29) is 37.3 Å². The number of hydrogen-bond donors (Lipinski definition) is 2. The number of piperazine rings is 1. The van der Waals surface area contributed by atoms with Crippen molar-refractivity contribution in [3.8, 4) is 0 Å². The van der Waals surface area contributed by atoms with Crippen LogP contribution >= 0.6 is 0 Å². The summed E-state index contributed by atoms with van der Waals surface area (Å²) in [5.41, 5.74) is 0.737. The zero-order valence-electron chi connectivity index (χ0n) is 13.5. The number of nitrogens with zero attached hydrogens (tertiary/aromatic N) is 3. The lowest BCUT2D eigenvalue weighted by Crippen LogP contribution is -2.61. The van der Waals surface area contributed by atoms with E-state index in [1.807, 2.05) is 6.07 Å². The van der Waals surface area contributed by atoms with E-state index in [0.717, 1.165) is 5.69 Å². The predicted octanol–water partition coefficient (Wildman–Crippen LogP) is -0.912. The van der Waals surface area contributed by atoms with Crippen molar-refractivity contribution < 1.29 is 24.3 Å². The lowest BCUT2D eigenvalue weighted by Gasteiger charge is -2.37. The average molecular weight is 336 g/mol. The van der Waals surface area contributed by atoms with Crippen molar-refractivity contribution >= 4 is 24.2 Å². The number of likely N-dealkylation sites (N-methyl/N-ethyl adjacent to an activating group) is 1. The van der Waals surface area contributed by atoms with Crippen LogP contribution in [-0.2, 0) is 25.7 Å². The maximum absolute atomic E-state index is 12.3. The number of nitrogens with one attached hydrogen (secondary N) is 1. The van der Waals surface area contributed by atoms with Crippen LogP contribution in [0.1, 0.15) is 12.6 Å². The summed E-state index contributed by atoms with van der Waals surface area (Å²) in [5, 5.41) is 9.64. The summed E-state index contributed by atoms with van der Waals surface area (Å²) in [4.78, 5) is 50.8. The summed E-state index contributed by atoms with van der Waals surface area (Å²) < 4.78 is 0. The molecule has 0 spiro atoms. The molecule has 1 unspecified atom stereocenters. The monoisotopic (exact) mass is 336 g/mol. The van der Waals surface area contributed by atoms with Gasteiger partial charge >= 0.3 is 0 Å². The number of pyridine rings is 1. The first-order chi connectivity index (χ1) is 11.4. The van der Waals surface area contributed by atoms with Crippen LogP contribution in [0.4, 0.5) is 0 Å². The van der Waals surface area contributed by atoms with Gasteiger partial charge in [-0.3, -0.25) is 24.2 Å². The fourth-order valence-corrected chi connectivity index (χ4v) is 2.19.